The lowest BCUT2D eigenvalue weighted by molar-refractivity contribution is 0.108. The molecule has 2 aromatic rings. The van der Waals surface area contributed by atoms with Gasteiger partial charge in [-0.1, -0.05) is 17.7 Å². The minimum absolute atomic E-state index is 0.0866. The monoisotopic (exact) mass is 335 g/mol. The largest absolute Gasteiger partial charge is 0.395 e. The molecule has 0 bridgehead atoms. The number of piperazine rings is 1. The van der Waals surface area contributed by atoms with Gasteiger partial charge in [0.2, 0.25) is 0 Å². The fraction of sp³-hybridized carbons (Fsp3) is 0.471. The first-order chi connectivity index (χ1) is 11.1. The van der Waals surface area contributed by atoms with Crippen LogP contribution in [-0.2, 0) is 6.54 Å². The number of aromatic nitrogens is 1. The van der Waals surface area contributed by atoms with E-state index in [2.05, 4.69) is 14.8 Å². The zero-order valence-corrected chi connectivity index (χ0v) is 14.1. The van der Waals surface area contributed by atoms with Crippen molar-refractivity contribution in [2.75, 3.05) is 39.3 Å². The highest BCUT2D eigenvalue weighted by atomic mass is 35.5. The lowest BCUT2D eigenvalue weighted by Crippen LogP contribution is -2.46. The maximum absolute atomic E-state index is 12.2. The highest BCUT2D eigenvalue weighted by Crippen LogP contribution is 2.23. The topological polar surface area (TPSA) is 59.6 Å². The molecule has 1 aliphatic rings. The summed E-state index contributed by atoms with van der Waals surface area (Å²) in [5, 5.41) is 11.2. The van der Waals surface area contributed by atoms with E-state index >= 15 is 0 Å². The van der Waals surface area contributed by atoms with Crippen molar-refractivity contribution in [3.8, 4) is 0 Å². The fourth-order valence-corrected chi connectivity index (χ4v) is 3.39. The van der Waals surface area contributed by atoms with Crippen molar-refractivity contribution >= 4 is 22.4 Å². The first kappa shape index (κ1) is 16.5. The van der Waals surface area contributed by atoms with E-state index in [-0.39, 0.29) is 12.2 Å². The van der Waals surface area contributed by atoms with E-state index in [9.17, 15) is 4.79 Å². The van der Waals surface area contributed by atoms with Gasteiger partial charge < -0.3 is 10.1 Å². The Labute approximate surface area is 140 Å². The van der Waals surface area contributed by atoms with Crippen LogP contribution >= 0.6 is 11.6 Å². The molecule has 0 atom stereocenters. The van der Waals surface area contributed by atoms with E-state index in [0.717, 1.165) is 55.9 Å². The number of aliphatic hydroxyl groups excluding tert-OH is 1. The average Bonchev–Trinajstić information content (AvgIpc) is 2.53. The summed E-state index contributed by atoms with van der Waals surface area (Å²) in [6.07, 6.45) is 0. The number of benzene rings is 1. The molecule has 0 radical (unpaired) electrons. The number of β-amino-alcohol motifs (C(OH)–C–C–N with tert-alkyl or cyclic N) is 1. The molecule has 1 aromatic heterocycles. The third kappa shape index (κ3) is 3.58. The molecule has 0 unspecified atom stereocenters. The highest BCUT2D eigenvalue weighted by molar-refractivity contribution is 6.31. The average molecular weight is 336 g/mol. The lowest BCUT2D eigenvalue weighted by Gasteiger charge is -2.34. The molecule has 0 amide bonds. The molecule has 1 aliphatic heterocycles. The second-order valence-corrected chi connectivity index (χ2v) is 6.53. The molecule has 3 rings (SSSR count). The maximum Gasteiger partial charge on any atom is 0.256 e. The third-order valence-corrected chi connectivity index (χ3v) is 4.80. The number of aromatic amines is 1. The standard InChI is InChI=1S/C17H22ClN3O2/c1-12-16(11-21-6-4-20(5-7-21)8-9-22)14-3-2-13(18)10-15(14)17(23)19-12/h2-3,10,22H,4-9,11H2,1H3,(H,19,23). The number of fused-ring (bicyclic) bond motifs is 1. The van der Waals surface area contributed by atoms with Crippen molar-refractivity contribution < 1.29 is 5.11 Å². The molecule has 0 saturated carbocycles. The van der Waals surface area contributed by atoms with Gasteiger partial charge in [0.05, 0.1) is 6.61 Å². The number of hydrogen-bond donors (Lipinski definition) is 2. The molecule has 124 valence electrons. The van der Waals surface area contributed by atoms with Gasteiger partial charge in [-0.05, 0) is 30.0 Å². The van der Waals surface area contributed by atoms with Crippen molar-refractivity contribution in [1.29, 1.82) is 0 Å². The van der Waals surface area contributed by atoms with Crippen molar-refractivity contribution in [2.45, 2.75) is 13.5 Å². The molecule has 1 fully saturated rings. The van der Waals surface area contributed by atoms with Crippen molar-refractivity contribution in [2.24, 2.45) is 0 Å². The van der Waals surface area contributed by atoms with Crippen LogP contribution in [0.4, 0.5) is 0 Å². The smallest absolute Gasteiger partial charge is 0.256 e. The summed E-state index contributed by atoms with van der Waals surface area (Å²) < 4.78 is 0. The Bertz CT molecular complexity index is 751. The van der Waals surface area contributed by atoms with Crippen LogP contribution < -0.4 is 5.56 Å². The molecule has 6 heteroatoms. The van der Waals surface area contributed by atoms with Crippen molar-refractivity contribution in [3.63, 3.8) is 0 Å². The first-order valence-electron chi connectivity index (χ1n) is 7.95. The summed E-state index contributed by atoms with van der Waals surface area (Å²) in [5.74, 6) is 0. The van der Waals surface area contributed by atoms with Crippen LogP contribution in [0.1, 0.15) is 11.3 Å². The number of nitrogens with one attached hydrogen (secondary N) is 1. The predicted octanol–water partition coefficient (Wildman–Crippen LogP) is 1.60. The second-order valence-electron chi connectivity index (χ2n) is 6.09. The Kier molecular flexibility index (Phi) is 5.02. The third-order valence-electron chi connectivity index (χ3n) is 4.57. The van der Waals surface area contributed by atoms with E-state index in [1.54, 1.807) is 6.07 Å². The number of rotatable bonds is 4. The molecule has 23 heavy (non-hydrogen) atoms. The molecular formula is C17H22ClN3O2. The molecule has 2 heterocycles. The molecule has 0 aliphatic carbocycles. The summed E-state index contributed by atoms with van der Waals surface area (Å²) in [7, 11) is 0. The molecule has 1 saturated heterocycles. The quantitative estimate of drug-likeness (QED) is 0.891. The van der Waals surface area contributed by atoms with Gasteiger partial charge in [0, 0.05) is 55.4 Å². The summed E-state index contributed by atoms with van der Waals surface area (Å²) in [6.45, 7) is 7.58. The zero-order chi connectivity index (χ0) is 16.4. The van der Waals surface area contributed by atoms with E-state index in [1.807, 2.05) is 19.1 Å². The van der Waals surface area contributed by atoms with E-state index in [4.69, 9.17) is 16.7 Å². The normalized spacial score (nSPS) is 17.0. The van der Waals surface area contributed by atoms with Gasteiger partial charge in [0.1, 0.15) is 0 Å². The van der Waals surface area contributed by atoms with Gasteiger partial charge in [-0.3, -0.25) is 14.6 Å². The number of halogens is 1. The first-order valence-corrected chi connectivity index (χ1v) is 8.33. The van der Waals surface area contributed by atoms with Crippen LogP contribution in [0.2, 0.25) is 5.02 Å². The van der Waals surface area contributed by atoms with E-state index in [0.29, 0.717) is 10.4 Å². The minimum Gasteiger partial charge on any atom is -0.395 e. The number of aliphatic hydroxyl groups is 1. The van der Waals surface area contributed by atoms with E-state index < -0.39 is 0 Å². The lowest BCUT2D eigenvalue weighted by atomic mass is 10.0. The zero-order valence-electron chi connectivity index (χ0n) is 13.3. The van der Waals surface area contributed by atoms with Crippen LogP contribution in [0.15, 0.2) is 23.0 Å². The molecule has 2 N–H and O–H groups in total. The Hall–Kier alpha value is -1.40. The highest BCUT2D eigenvalue weighted by Gasteiger charge is 2.18. The number of H-pyrrole nitrogens is 1. The summed E-state index contributed by atoms with van der Waals surface area (Å²) in [4.78, 5) is 19.8. The molecular weight excluding hydrogens is 314 g/mol. The van der Waals surface area contributed by atoms with Crippen LogP contribution in [0.5, 0.6) is 0 Å². The van der Waals surface area contributed by atoms with Gasteiger partial charge in [-0.15, -0.1) is 0 Å². The Balaban J connectivity index is 1.85. The van der Waals surface area contributed by atoms with Gasteiger partial charge in [0.15, 0.2) is 0 Å². The molecule has 0 spiro atoms. The minimum atomic E-state index is -0.0866. The number of hydrogen-bond acceptors (Lipinski definition) is 4. The van der Waals surface area contributed by atoms with Crippen molar-refractivity contribution in [3.05, 3.63) is 44.8 Å². The van der Waals surface area contributed by atoms with Gasteiger partial charge in [-0.2, -0.15) is 0 Å². The summed E-state index contributed by atoms with van der Waals surface area (Å²) in [6, 6.07) is 5.51. The Morgan fingerprint density at radius 2 is 1.87 bits per heavy atom. The maximum atomic E-state index is 12.2. The van der Waals surface area contributed by atoms with Crippen LogP contribution in [0, 0.1) is 6.92 Å². The number of pyridine rings is 1. The van der Waals surface area contributed by atoms with E-state index in [1.165, 1.54) is 0 Å². The SMILES string of the molecule is Cc1[nH]c(=O)c2cc(Cl)ccc2c1CN1CCN(CCO)CC1. The summed E-state index contributed by atoms with van der Waals surface area (Å²) >= 11 is 6.03. The van der Waals surface area contributed by atoms with Gasteiger partial charge in [-0.25, -0.2) is 0 Å². The van der Waals surface area contributed by atoms with Crippen LogP contribution in [0.25, 0.3) is 10.8 Å². The predicted molar refractivity (Wildman–Crippen MR) is 93.1 cm³/mol. The summed E-state index contributed by atoms with van der Waals surface area (Å²) in [5.41, 5.74) is 1.99. The number of aryl methyl sites for hydroxylation is 1. The Morgan fingerprint density at radius 3 is 2.57 bits per heavy atom. The van der Waals surface area contributed by atoms with Gasteiger partial charge >= 0.3 is 0 Å². The Morgan fingerprint density at radius 1 is 1.17 bits per heavy atom. The van der Waals surface area contributed by atoms with Crippen LogP contribution in [-0.4, -0.2) is 59.2 Å². The number of nitrogens with zero attached hydrogens (tertiary/aromatic N) is 2. The molecule has 5 nitrogen and oxygen atoms in total. The van der Waals surface area contributed by atoms with Crippen molar-refractivity contribution in [1.82, 2.24) is 14.8 Å². The second kappa shape index (κ2) is 7.01. The van der Waals surface area contributed by atoms with Crippen LogP contribution in [0.3, 0.4) is 0 Å². The molecule has 1 aromatic carbocycles. The fourth-order valence-electron chi connectivity index (χ4n) is 3.22. The van der Waals surface area contributed by atoms with Gasteiger partial charge in [0.25, 0.3) is 5.56 Å².